The zero-order valence-corrected chi connectivity index (χ0v) is 17.2. The van der Waals surface area contributed by atoms with Gasteiger partial charge in [0, 0.05) is 46.8 Å². The van der Waals surface area contributed by atoms with Crippen molar-refractivity contribution in [3.05, 3.63) is 84.6 Å². The molecule has 5 rings (SSSR count). The number of carbonyl (C=O) groups is 1. The van der Waals surface area contributed by atoms with Gasteiger partial charge in [0.05, 0.1) is 5.69 Å². The molecule has 150 valence electrons. The van der Waals surface area contributed by atoms with Crippen LogP contribution in [0.25, 0.3) is 10.9 Å². The summed E-state index contributed by atoms with van der Waals surface area (Å²) in [7, 11) is 0. The molecule has 3 N–H and O–H groups in total. The molecule has 1 aliphatic heterocycles. The number of nitrogens with one attached hydrogen (secondary N) is 3. The highest BCUT2D eigenvalue weighted by Crippen LogP contribution is 2.39. The lowest BCUT2D eigenvalue weighted by Crippen LogP contribution is -2.28. The first kappa shape index (κ1) is 18.6. The maximum absolute atomic E-state index is 12.4. The van der Waals surface area contributed by atoms with Crippen LogP contribution in [0.5, 0.6) is 0 Å². The lowest BCUT2D eigenvalue weighted by Gasteiger charge is -2.31. The first-order valence-electron chi connectivity index (χ1n) is 9.96. The molecule has 0 saturated heterocycles. The number of urea groups is 1. The van der Waals surface area contributed by atoms with E-state index in [0.29, 0.717) is 6.54 Å². The number of aromatic amines is 1. The summed E-state index contributed by atoms with van der Waals surface area (Å²) in [6.07, 6.45) is 1.89. The van der Waals surface area contributed by atoms with Gasteiger partial charge in [0.2, 0.25) is 0 Å². The Kier molecular flexibility index (Phi) is 5.07. The molecule has 5 nitrogen and oxygen atoms in total. The largest absolute Gasteiger partial charge is 0.361 e. The topological polar surface area (TPSA) is 60.2 Å². The highest BCUT2D eigenvalue weighted by Gasteiger charge is 2.19. The van der Waals surface area contributed by atoms with Gasteiger partial charge in [-0.05, 0) is 53.4 Å². The normalized spacial score (nSPS) is 13.1. The summed E-state index contributed by atoms with van der Waals surface area (Å²) < 4.78 is 0. The molecule has 0 radical (unpaired) electrons. The number of nitrogens with zero attached hydrogens (tertiary/aromatic N) is 1. The van der Waals surface area contributed by atoms with Crippen molar-refractivity contribution in [2.45, 2.75) is 11.4 Å². The Morgan fingerprint density at radius 3 is 2.83 bits per heavy atom. The number of rotatable bonds is 4. The first-order chi connectivity index (χ1) is 14.8. The molecular weight excluding hydrogens is 392 g/mol. The number of H-pyrrole nitrogens is 1. The number of aromatic nitrogens is 1. The molecule has 1 aliphatic rings. The lowest BCUT2D eigenvalue weighted by molar-refractivity contribution is 0.251. The van der Waals surface area contributed by atoms with Crippen LogP contribution in [0.2, 0.25) is 0 Å². The van der Waals surface area contributed by atoms with E-state index in [1.165, 1.54) is 16.3 Å². The second-order valence-electron chi connectivity index (χ2n) is 7.23. The summed E-state index contributed by atoms with van der Waals surface area (Å²) >= 11 is 1.88. The van der Waals surface area contributed by atoms with Crippen LogP contribution in [0.1, 0.15) is 5.56 Å². The molecule has 2 amide bonds. The number of hydrogen-bond acceptors (Lipinski definition) is 3. The molecule has 0 saturated carbocycles. The minimum atomic E-state index is -0.215. The minimum Gasteiger partial charge on any atom is -0.361 e. The number of para-hydroxylation sites is 1. The van der Waals surface area contributed by atoms with Crippen molar-refractivity contribution in [3.63, 3.8) is 0 Å². The summed E-state index contributed by atoms with van der Waals surface area (Å²) in [4.78, 5) is 19.2. The standard InChI is InChI=1S/C24H22N4OS/c29-24(27-19-8-7-18-10-11-25-21(18)15-19)26-16-17-6-9-23-22(14-17)28(12-13-30-23)20-4-2-1-3-5-20/h1-11,14-15,25H,12-13,16H2,(H2,26,27,29). The van der Waals surface area contributed by atoms with Crippen LogP contribution in [0, 0.1) is 0 Å². The third-order valence-corrected chi connectivity index (χ3v) is 6.26. The number of anilines is 3. The second-order valence-corrected chi connectivity index (χ2v) is 8.36. The molecule has 0 spiro atoms. The molecule has 0 fully saturated rings. The number of amides is 2. The van der Waals surface area contributed by atoms with E-state index in [1.54, 1.807) is 0 Å². The summed E-state index contributed by atoms with van der Waals surface area (Å²) in [5.74, 6) is 1.06. The van der Waals surface area contributed by atoms with Gasteiger partial charge in [-0.3, -0.25) is 0 Å². The second kappa shape index (κ2) is 8.16. The molecule has 1 aromatic heterocycles. The van der Waals surface area contributed by atoms with Crippen molar-refractivity contribution in [3.8, 4) is 0 Å². The Labute approximate surface area is 179 Å². The number of hydrogen-bond donors (Lipinski definition) is 3. The highest BCUT2D eigenvalue weighted by molar-refractivity contribution is 7.99. The molecule has 0 bridgehead atoms. The maximum Gasteiger partial charge on any atom is 0.319 e. The highest BCUT2D eigenvalue weighted by atomic mass is 32.2. The van der Waals surface area contributed by atoms with Gasteiger partial charge in [-0.15, -0.1) is 11.8 Å². The molecule has 0 aliphatic carbocycles. The van der Waals surface area contributed by atoms with Gasteiger partial charge >= 0.3 is 6.03 Å². The molecule has 6 heteroatoms. The summed E-state index contributed by atoms with van der Waals surface area (Å²) in [6, 6.07) is 24.5. The number of carbonyl (C=O) groups excluding carboxylic acids is 1. The molecular formula is C24H22N4OS. The molecule has 2 heterocycles. The summed E-state index contributed by atoms with van der Waals surface area (Å²) in [5, 5.41) is 6.99. The van der Waals surface area contributed by atoms with Crippen LogP contribution in [0.4, 0.5) is 21.9 Å². The Hall–Kier alpha value is -3.38. The van der Waals surface area contributed by atoms with Crippen LogP contribution in [0.3, 0.4) is 0 Å². The predicted octanol–water partition coefficient (Wildman–Crippen LogP) is 5.73. The van der Waals surface area contributed by atoms with E-state index in [-0.39, 0.29) is 6.03 Å². The smallest absolute Gasteiger partial charge is 0.319 e. The van der Waals surface area contributed by atoms with E-state index in [2.05, 4.69) is 63.0 Å². The molecule has 0 atom stereocenters. The van der Waals surface area contributed by atoms with E-state index in [4.69, 9.17) is 0 Å². The van der Waals surface area contributed by atoms with Crippen LogP contribution in [-0.4, -0.2) is 23.3 Å². The fourth-order valence-electron chi connectivity index (χ4n) is 3.73. The van der Waals surface area contributed by atoms with Crippen molar-refractivity contribution >= 4 is 45.8 Å². The number of thioether (sulfide) groups is 1. The van der Waals surface area contributed by atoms with Gasteiger partial charge in [0.15, 0.2) is 0 Å². The fraction of sp³-hybridized carbons (Fsp3) is 0.125. The maximum atomic E-state index is 12.4. The van der Waals surface area contributed by atoms with Crippen molar-refractivity contribution < 1.29 is 4.79 Å². The van der Waals surface area contributed by atoms with Gasteiger partial charge in [0.25, 0.3) is 0 Å². The van der Waals surface area contributed by atoms with Gasteiger partial charge in [-0.25, -0.2) is 4.79 Å². The zero-order valence-electron chi connectivity index (χ0n) is 16.4. The lowest BCUT2D eigenvalue weighted by atomic mass is 10.1. The van der Waals surface area contributed by atoms with Gasteiger partial charge in [-0.1, -0.05) is 30.3 Å². The van der Waals surface area contributed by atoms with Crippen LogP contribution in [0.15, 0.2) is 83.9 Å². The average Bonchev–Trinajstić information content (AvgIpc) is 3.26. The molecule has 4 aromatic rings. The van der Waals surface area contributed by atoms with E-state index in [9.17, 15) is 4.79 Å². The van der Waals surface area contributed by atoms with Crippen molar-refractivity contribution in [1.82, 2.24) is 10.3 Å². The molecule has 3 aromatic carbocycles. The van der Waals surface area contributed by atoms with Crippen molar-refractivity contribution in [2.75, 3.05) is 22.5 Å². The zero-order chi connectivity index (χ0) is 20.3. The van der Waals surface area contributed by atoms with Crippen LogP contribution < -0.4 is 15.5 Å². The van der Waals surface area contributed by atoms with E-state index < -0.39 is 0 Å². The Bertz CT molecular complexity index is 1190. The quantitative estimate of drug-likeness (QED) is 0.399. The third-order valence-electron chi connectivity index (χ3n) is 5.22. The summed E-state index contributed by atoms with van der Waals surface area (Å²) in [5.41, 5.74) is 5.24. The van der Waals surface area contributed by atoms with Crippen molar-refractivity contribution in [2.24, 2.45) is 0 Å². The third kappa shape index (κ3) is 3.86. The van der Waals surface area contributed by atoms with Gasteiger partial charge < -0.3 is 20.5 Å². The van der Waals surface area contributed by atoms with E-state index in [0.717, 1.165) is 34.5 Å². The number of fused-ring (bicyclic) bond motifs is 2. The molecule has 0 unspecified atom stereocenters. The molecule has 30 heavy (non-hydrogen) atoms. The fourth-order valence-corrected chi connectivity index (χ4v) is 4.71. The van der Waals surface area contributed by atoms with Gasteiger partial charge in [0.1, 0.15) is 0 Å². The predicted molar refractivity (Wildman–Crippen MR) is 125 cm³/mol. The monoisotopic (exact) mass is 414 g/mol. The Morgan fingerprint density at radius 1 is 1.03 bits per heavy atom. The SMILES string of the molecule is O=C(NCc1ccc2c(c1)N(c1ccccc1)CCS2)Nc1ccc2cc[nH]c2c1. The Balaban J connectivity index is 1.28. The van der Waals surface area contributed by atoms with E-state index in [1.807, 2.05) is 48.3 Å². The summed E-state index contributed by atoms with van der Waals surface area (Å²) in [6.45, 7) is 1.44. The Morgan fingerprint density at radius 2 is 1.93 bits per heavy atom. The average molecular weight is 415 g/mol. The first-order valence-corrected chi connectivity index (χ1v) is 11.0. The number of benzene rings is 3. The van der Waals surface area contributed by atoms with Crippen LogP contribution >= 0.6 is 11.8 Å². The van der Waals surface area contributed by atoms with E-state index >= 15 is 0 Å². The minimum absolute atomic E-state index is 0.215. The van der Waals surface area contributed by atoms with Crippen molar-refractivity contribution in [1.29, 1.82) is 0 Å². The van der Waals surface area contributed by atoms with Gasteiger partial charge in [-0.2, -0.15) is 0 Å². The van der Waals surface area contributed by atoms with Crippen LogP contribution in [-0.2, 0) is 6.54 Å².